The molecule has 0 bridgehead atoms. The summed E-state index contributed by atoms with van der Waals surface area (Å²) in [6, 6.07) is 7.33. The minimum Gasteiger partial charge on any atom is -0.340 e. The monoisotopic (exact) mass is 380 g/mol. The average molecular weight is 381 g/mol. The van der Waals surface area contributed by atoms with E-state index in [0.717, 1.165) is 11.3 Å². The molecule has 1 fully saturated rings. The van der Waals surface area contributed by atoms with Gasteiger partial charge in [0.2, 0.25) is 5.95 Å². The van der Waals surface area contributed by atoms with Crippen molar-refractivity contribution in [3.63, 3.8) is 0 Å². The van der Waals surface area contributed by atoms with Gasteiger partial charge in [0, 0.05) is 29.5 Å². The molecule has 1 N–H and O–H groups in total. The highest BCUT2D eigenvalue weighted by atomic mass is 35.5. The molecule has 0 aliphatic carbocycles. The quantitative estimate of drug-likeness (QED) is 0.858. The second kappa shape index (κ2) is 7.17. The van der Waals surface area contributed by atoms with E-state index in [9.17, 15) is 8.42 Å². The molecule has 1 unspecified atom stereocenters. The smallest absolute Gasteiger partial charge is 0.227 e. The molecule has 1 saturated heterocycles. The second-order valence-corrected chi connectivity index (χ2v) is 8.83. The summed E-state index contributed by atoms with van der Waals surface area (Å²) in [5.74, 6) is 1.60. The van der Waals surface area contributed by atoms with Gasteiger partial charge in [0.25, 0.3) is 0 Å². The zero-order valence-electron chi connectivity index (χ0n) is 14.2. The molecule has 6 nitrogen and oxygen atoms in total. The normalized spacial score (nSPS) is 18.9. The zero-order valence-corrected chi connectivity index (χ0v) is 15.8. The maximum absolute atomic E-state index is 11.8. The van der Waals surface area contributed by atoms with Crippen LogP contribution in [0.1, 0.15) is 18.9 Å². The van der Waals surface area contributed by atoms with Crippen LogP contribution >= 0.6 is 11.6 Å². The van der Waals surface area contributed by atoms with Crippen LogP contribution in [0.3, 0.4) is 0 Å². The first-order chi connectivity index (χ1) is 11.9. The van der Waals surface area contributed by atoms with Crippen molar-refractivity contribution < 1.29 is 8.42 Å². The van der Waals surface area contributed by atoms with E-state index in [0.29, 0.717) is 29.8 Å². The van der Waals surface area contributed by atoms with Gasteiger partial charge in [-0.15, -0.1) is 0 Å². The summed E-state index contributed by atoms with van der Waals surface area (Å²) >= 11 is 5.99. The SMILES string of the molecule is CCN(c1nccc(Nc2ccc(Cl)cc2C)n1)C1CCS(=O)(=O)C1. The van der Waals surface area contributed by atoms with Crippen molar-refractivity contribution in [2.24, 2.45) is 0 Å². The number of aryl methyl sites for hydroxylation is 1. The Bertz CT molecular complexity index is 873. The fourth-order valence-corrected chi connectivity index (χ4v) is 5.00. The van der Waals surface area contributed by atoms with Crippen LogP contribution in [0.25, 0.3) is 0 Å². The Morgan fingerprint density at radius 1 is 1.36 bits per heavy atom. The summed E-state index contributed by atoms with van der Waals surface area (Å²) in [7, 11) is -2.95. The van der Waals surface area contributed by atoms with Crippen LogP contribution in [0.2, 0.25) is 5.02 Å². The summed E-state index contributed by atoms with van der Waals surface area (Å²) in [5.41, 5.74) is 1.93. The number of anilines is 3. The summed E-state index contributed by atoms with van der Waals surface area (Å²) in [6.45, 7) is 4.61. The lowest BCUT2D eigenvalue weighted by molar-refractivity contribution is 0.599. The number of halogens is 1. The number of hydrogen-bond donors (Lipinski definition) is 1. The van der Waals surface area contributed by atoms with Gasteiger partial charge in [-0.2, -0.15) is 4.98 Å². The van der Waals surface area contributed by atoms with E-state index in [1.165, 1.54) is 0 Å². The van der Waals surface area contributed by atoms with Gasteiger partial charge in [-0.3, -0.25) is 0 Å². The molecule has 2 aromatic rings. The first-order valence-electron chi connectivity index (χ1n) is 8.21. The second-order valence-electron chi connectivity index (χ2n) is 6.17. The highest BCUT2D eigenvalue weighted by Crippen LogP contribution is 2.25. The Balaban J connectivity index is 1.82. The molecular formula is C17H21ClN4O2S. The molecule has 3 rings (SSSR count). The molecule has 2 heterocycles. The van der Waals surface area contributed by atoms with Crippen molar-refractivity contribution in [3.8, 4) is 0 Å². The van der Waals surface area contributed by atoms with Crippen LogP contribution in [0.15, 0.2) is 30.5 Å². The van der Waals surface area contributed by atoms with E-state index in [2.05, 4.69) is 15.3 Å². The van der Waals surface area contributed by atoms with Crippen LogP contribution in [0, 0.1) is 6.92 Å². The first-order valence-corrected chi connectivity index (χ1v) is 10.4. The minimum absolute atomic E-state index is 0.0671. The predicted octanol–water partition coefficient (Wildman–Crippen LogP) is 3.20. The Labute approximate surface area is 153 Å². The van der Waals surface area contributed by atoms with Gasteiger partial charge in [0.1, 0.15) is 5.82 Å². The molecule has 25 heavy (non-hydrogen) atoms. The molecule has 0 spiro atoms. The molecule has 0 amide bonds. The van der Waals surface area contributed by atoms with E-state index in [4.69, 9.17) is 11.6 Å². The lowest BCUT2D eigenvalue weighted by atomic mass is 10.2. The maximum atomic E-state index is 11.8. The van der Waals surface area contributed by atoms with Gasteiger partial charge in [-0.25, -0.2) is 13.4 Å². The van der Waals surface area contributed by atoms with Crippen molar-refractivity contribution >= 4 is 38.9 Å². The van der Waals surface area contributed by atoms with E-state index in [1.807, 2.05) is 36.9 Å². The van der Waals surface area contributed by atoms with Crippen molar-refractivity contribution in [2.45, 2.75) is 26.3 Å². The number of sulfone groups is 1. The number of nitrogens with one attached hydrogen (secondary N) is 1. The third-order valence-corrected chi connectivity index (χ3v) is 6.33. The predicted molar refractivity (Wildman–Crippen MR) is 102 cm³/mol. The van der Waals surface area contributed by atoms with E-state index in [-0.39, 0.29) is 17.5 Å². The molecule has 1 aromatic carbocycles. The summed E-state index contributed by atoms with van der Waals surface area (Å²) < 4.78 is 23.6. The minimum atomic E-state index is -2.95. The third kappa shape index (κ3) is 4.22. The summed E-state index contributed by atoms with van der Waals surface area (Å²) in [4.78, 5) is 10.9. The molecule has 1 aliphatic heterocycles. The molecule has 0 saturated carbocycles. The van der Waals surface area contributed by atoms with Crippen LogP contribution in [-0.4, -0.2) is 42.5 Å². The highest BCUT2D eigenvalue weighted by Gasteiger charge is 2.32. The molecule has 1 aromatic heterocycles. The topological polar surface area (TPSA) is 75.2 Å². The fourth-order valence-electron chi connectivity index (χ4n) is 3.05. The Morgan fingerprint density at radius 2 is 2.16 bits per heavy atom. The first kappa shape index (κ1) is 17.9. The van der Waals surface area contributed by atoms with Crippen molar-refractivity contribution in [2.75, 3.05) is 28.3 Å². The molecule has 0 radical (unpaired) electrons. The average Bonchev–Trinajstić information content (AvgIpc) is 2.91. The van der Waals surface area contributed by atoms with E-state index in [1.54, 1.807) is 12.3 Å². The highest BCUT2D eigenvalue weighted by molar-refractivity contribution is 7.91. The molecular weight excluding hydrogens is 360 g/mol. The van der Waals surface area contributed by atoms with E-state index >= 15 is 0 Å². The van der Waals surface area contributed by atoms with E-state index < -0.39 is 9.84 Å². The summed E-state index contributed by atoms with van der Waals surface area (Å²) in [6.07, 6.45) is 2.30. The van der Waals surface area contributed by atoms with Gasteiger partial charge in [0.05, 0.1) is 11.5 Å². The maximum Gasteiger partial charge on any atom is 0.227 e. The van der Waals surface area contributed by atoms with Gasteiger partial charge in [-0.1, -0.05) is 11.6 Å². The number of rotatable bonds is 5. The fraction of sp³-hybridized carbons (Fsp3) is 0.412. The van der Waals surface area contributed by atoms with Gasteiger partial charge in [-0.05, 0) is 50.1 Å². The lowest BCUT2D eigenvalue weighted by Gasteiger charge is -2.27. The van der Waals surface area contributed by atoms with Gasteiger partial charge in [0.15, 0.2) is 9.84 Å². The van der Waals surface area contributed by atoms with Crippen molar-refractivity contribution in [3.05, 3.63) is 41.0 Å². The number of aromatic nitrogens is 2. The van der Waals surface area contributed by atoms with Crippen LogP contribution < -0.4 is 10.2 Å². The Hall–Kier alpha value is -1.86. The standard InChI is InChI=1S/C17H21ClN4O2S/c1-3-22(14-7-9-25(23,24)11-14)17-19-8-6-16(21-17)20-15-5-4-13(18)10-12(15)2/h4-6,8,10,14H,3,7,9,11H2,1-2H3,(H,19,20,21). The van der Waals surface area contributed by atoms with Crippen LogP contribution in [-0.2, 0) is 9.84 Å². The number of hydrogen-bond acceptors (Lipinski definition) is 6. The summed E-state index contributed by atoms with van der Waals surface area (Å²) in [5, 5.41) is 3.96. The molecule has 1 atom stereocenters. The van der Waals surface area contributed by atoms with Crippen LogP contribution in [0.5, 0.6) is 0 Å². The third-order valence-electron chi connectivity index (χ3n) is 4.34. The largest absolute Gasteiger partial charge is 0.340 e. The number of benzene rings is 1. The van der Waals surface area contributed by atoms with Gasteiger partial charge >= 0.3 is 0 Å². The van der Waals surface area contributed by atoms with Crippen molar-refractivity contribution in [1.82, 2.24) is 9.97 Å². The van der Waals surface area contributed by atoms with Crippen LogP contribution in [0.4, 0.5) is 17.5 Å². The molecule has 8 heteroatoms. The Kier molecular flexibility index (Phi) is 5.15. The zero-order chi connectivity index (χ0) is 18.0. The van der Waals surface area contributed by atoms with Crippen molar-refractivity contribution in [1.29, 1.82) is 0 Å². The Morgan fingerprint density at radius 3 is 2.80 bits per heavy atom. The van der Waals surface area contributed by atoms with Gasteiger partial charge < -0.3 is 10.2 Å². The molecule has 1 aliphatic rings. The molecule has 134 valence electrons. The lowest BCUT2D eigenvalue weighted by Crippen LogP contribution is -2.37. The number of nitrogens with zero attached hydrogens (tertiary/aromatic N) is 3.